The quantitative estimate of drug-likeness (QED) is 0.140. The molecule has 39 heavy (non-hydrogen) atoms. The fraction of sp³-hybridized carbons (Fsp3) is 0.800. The molecule has 4 heteroatoms. The number of primary amides is 1. The highest BCUT2D eigenvalue weighted by molar-refractivity contribution is 5.92. The molecule has 0 saturated carbocycles. The fourth-order valence-corrected chi connectivity index (χ4v) is 5.48. The van der Waals surface area contributed by atoms with Gasteiger partial charge in [0, 0.05) is 31.7 Å². The van der Waals surface area contributed by atoms with E-state index in [-0.39, 0.29) is 5.91 Å². The van der Waals surface area contributed by atoms with Gasteiger partial charge in [0.25, 0.3) is 0 Å². The number of hydrogen-bond acceptors (Lipinski definition) is 3. The molecule has 2 rings (SSSR count). The van der Waals surface area contributed by atoms with Gasteiger partial charge in [0.1, 0.15) is 0 Å². The van der Waals surface area contributed by atoms with Gasteiger partial charge in [-0.25, -0.2) is 0 Å². The van der Waals surface area contributed by atoms with E-state index in [0.717, 1.165) is 0 Å². The molecule has 0 spiro atoms. The van der Waals surface area contributed by atoms with Crippen LogP contribution in [0.3, 0.4) is 0 Å². The monoisotopic (exact) mass is 544 g/mol. The highest BCUT2D eigenvalue weighted by atomic mass is 16.1. The van der Waals surface area contributed by atoms with Crippen molar-refractivity contribution in [1.82, 2.24) is 9.80 Å². The first-order valence-electron chi connectivity index (χ1n) is 17.0. The van der Waals surface area contributed by atoms with Gasteiger partial charge in [-0.1, -0.05) is 148 Å². The lowest BCUT2D eigenvalue weighted by Crippen LogP contribution is -2.46. The molecule has 1 aliphatic heterocycles. The highest BCUT2D eigenvalue weighted by Crippen LogP contribution is 2.13. The van der Waals surface area contributed by atoms with Gasteiger partial charge in [-0.3, -0.25) is 4.79 Å². The molecule has 226 valence electrons. The third kappa shape index (κ3) is 22.0. The third-order valence-electron chi connectivity index (χ3n) is 8.18. The van der Waals surface area contributed by atoms with Crippen molar-refractivity contribution < 1.29 is 4.79 Å². The van der Waals surface area contributed by atoms with Crippen LogP contribution in [-0.2, 0) is 0 Å². The van der Waals surface area contributed by atoms with E-state index in [1.165, 1.54) is 168 Å². The third-order valence-corrected chi connectivity index (χ3v) is 8.18. The maximum atomic E-state index is 10.4. The van der Waals surface area contributed by atoms with Gasteiger partial charge in [0.2, 0.25) is 5.91 Å². The Morgan fingerprint density at radius 2 is 0.846 bits per heavy atom. The largest absolute Gasteiger partial charge is 0.366 e. The zero-order valence-corrected chi connectivity index (χ0v) is 26.2. The summed E-state index contributed by atoms with van der Waals surface area (Å²) in [6, 6.07) is 8.76. The number of piperazine rings is 1. The predicted molar refractivity (Wildman–Crippen MR) is 172 cm³/mol. The smallest absolute Gasteiger partial charge is 0.248 e. The van der Waals surface area contributed by atoms with Crippen LogP contribution in [0.4, 0.5) is 0 Å². The topological polar surface area (TPSA) is 49.6 Å². The zero-order chi connectivity index (χ0) is 28.2. The normalized spacial score (nSPS) is 14.2. The summed E-state index contributed by atoms with van der Waals surface area (Å²) in [4.78, 5) is 15.9. The molecule has 1 fully saturated rings. The molecule has 2 N–H and O–H groups in total. The summed E-state index contributed by atoms with van der Waals surface area (Å²) in [6.07, 6.45) is 29.0. The molecule has 0 unspecified atom stereocenters. The Hall–Kier alpha value is -1.39. The van der Waals surface area contributed by atoms with Crippen molar-refractivity contribution in [3.63, 3.8) is 0 Å². The van der Waals surface area contributed by atoms with E-state index in [9.17, 15) is 4.79 Å². The van der Waals surface area contributed by atoms with E-state index in [0.29, 0.717) is 5.56 Å². The first-order valence-corrected chi connectivity index (χ1v) is 17.0. The Bertz CT molecular complexity index is 611. The second-order valence-corrected chi connectivity index (χ2v) is 11.8. The summed E-state index contributed by atoms with van der Waals surface area (Å²) in [7, 11) is 0. The molecule has 1 amide bonds. The molecule has 4 nitrogen and oxygen atoms in total. The Morgan fingerprint density at radius 3 is 1.13 bits per heavy atom. The number of nitrogens with zero attached hydrogens (tertiary/aromatic N) is 2. The Kier molecular flexibility index (Phi) is 24.5. The Morgan fingerprint density at radius 1 is 0.538 bits per heavy atom. The fourth-order valence-electron chi connectivity index (χ4n) is 5.48. The van der Waals surface area contributed by atoms with Crippen molar-refractivity contribution in [3.05, 3.63) is 35.9 Å². The molecule has 1 aromatic rings. The molecule has 1 aliphatic rings. The summed E-state index contributed by atoms with van der Waals surface area (Å²) in [5.74, 6) is -0.379. The predicted octanol–water partition coefficient (Wildman–Crippen LogP) is 9.23. The van der Waals surface area contributed by atoms with Gasteiger partial charge in [-0.2, -0.15) is 0 Å². The number of carbonyl (C=O) groups excluding carboxylic acids is 1. The minimum absolute atomic E-state index is 0.379. The number of unbranched alkanes of at least 4 members (excludes halogenated alkanes) is 18. The lowest BCUT2D eigenvalue weighted by atomic mass is 10.1. The van der Waals surface area contributed by atoms with Crippen LogP contribution < -0.4 is 5.73 Å². The first-order chi connectivity index (χ1) is 19.2. The molecule has 1 heterocycles. The van der Waals surface area contributed by atoms with Crippen LogP contribution in [0.25, 0.3) is 0 Å². The minimum Gasteiger partial charge on any atom is -0.366 e. The maximum absolute atomic E-state index is 10.4. The second-order valence-electron chi connectivity index (χ2n) is 11.8. The highest BCUT2D eigenvalue weighted by Gasteiger charge is 2.15. The van der Waals surface area contributed by atoms with E-state index in [2.05, 4.69) is 23.6 Å². The number of rotatable bonds is 23. The van der Waals surface area contributed by atoms with Crippen molar-refractivity contribution in [2.24, 2.45) is 5.73 Å². The Balaban J connectivity index is 0.000000708. The molecule has 0 radical (unpaired) electrons. The number of nitrogens with two attached hydrogens (primary N) is 1. The van der Waals surface area contributed by atoms with E-state index in [4.69, 9.17) is 5.73 Å². The summed E-state index contributed by atoms with van der Waals surface area (Å²) in [5.41, 5.74) is 5.53. The molecular weight excluding hydrogens is 478 g/mol. The van der Waals surface area contributed by atoms with Crippen LogP contribution in [0.5, 0.6) is 0 Å². The number of carbonyl (C=O) groups is 1. The van der Waals surface area contributed by atoms with Crippen molar-refractivity contribution in [3.8, 4) is 0 Å². The van der Waals surface area contributed by atoms with Crippen molar-refractivity contribution in [1.29, 1.82) is 0 Å². The number of benzene rings is 1. The molecule has 0 aliphatic carbocycles. The van der Waals surface area contributed by atoms with E-state index in [1.807, 2.05) is 6.07 Å². The lowest BCUT2D eigenvalue weighted by molar-refractivity contribution is 0.100. The molecule has 0 bridgehead atoms. The molecular formula is C35H65N3O. The average Bonchev–Trinajstić information content (AvgIpc) is 2.96. The summed E-state index contributed by atoms with van der Waals surface area (Å²) in [5, 5.41) is 0. The van der Waals surface area contributed by atoms with E-state index in [1.54, 1.807) is 24.3 Å². The zero-order valence-electron chi connectivity index (χ0n) is 26.2. The standard InChI is InChI=1S/C28H58N2.C7H7NO/c1-3-5-7-9-11-13-15-17-19-21-23-29-25-27-30(28-26-29)24-22-20-18-16-14-12-10-8-6-4-2;8-7(9)6-4-2-1-3-5-6/h3-28H2,1-2H3;1-5H,(H2,8,9). The second kappa shape index (κ2) is 26.8. The molecule has 0 atom stereocenters. The first kappa shape index (κ1) is 35.6. The van der Waals surface area contributed by atoms with Gasteiger partial charge in [-0.05, 0) is 38.1 Å². The summed E-state index contributed by atoms with van der Waals surface area (Å²) >= 11 is 0. The summed E-state index contributed by atoms with van der Waals surface area (Å²) in [6.45, 7) is 12.6. The molecule has 0 aromatic heterocycles. The van der Waals surface area contributed by atoms with Gasteiger partial charge in [-0.15, -0.1) is 0 Å². The lowest BCUT2D eigenvalue weighted by Gasteiger charge is -2.34. The summed E-state index contributed by atoms with van der Waals surface area (Å²) < 4.78 is 0. The van der Waals surface area contributed by atoms with Crippen LogP contribution >= 0.6 is 0 Å². The minimum atomic E-state index is -0.379. The van der Waals surface area contributed by atoms with Crippen LogP contribution in [0.1, 0.15) is 153 Å². The number of hydrogen-bond donors (Lipinski definition) is 1. The maximum Gasteiger partial charge on any atom is 0.248 e. The van der Waals surface area contributed by atoms with Gasteiger partial charge >= 0.3 is 0 Å². The SMILES string of the molecule is CCCCCCCCCCCCN1CCN(CCCCCCCCCCCC)CC1.NC(=O)c1ccccc1. The van der Waals surface area contributed by atoms with Crippen molar-refractivity contribution in [2.75, 3.05) is 39.3 Å². The van der Waals surface area contributed by atoms with Gasteiger partial charge in [0.05, 0.1) is 0 Å². The number of amides is 1. The van der Waals surface area contributed by atoms with Gasteiger partial charge in [0.15, 0.2) is 0 Å². The van der Waals surface area contributed by atoms with Crippen LogP contribution in [0.2, 0.25) is 0 Å². The Labute approximate surface area is 243 Å². The van der Waals surface area contributed by atoms with Crippen LogP contribution in [0.15, 0.2) is 30.3 Å². The van der Waals surface area contributed by atoms with Crippen LogP contribution in [0, 0.1) is 0 Å². The van der Waals surface area contributed by atoms with Crippen molar-refractivity contribution in [2.45, 2.75) is 142 Å². The van der Waals surface area contributed by atoms with E-state index >= 15 is 0 Å². The molecule has 1 aromatic carbocycles. The van der Waals surface area contributed by atoms with Crippen LogP contribution in [-0.4, -0.2) is 55.0 Å². The van der Waals surface area contributed by atoms with Gasteiger partial charge < -0.3 is 15.5 Å². The molecule has 1 saturated heterocycles. The average molecular weight is 544 g/mol. The van der Waals surface area contributed by atoms with E-state index < -0.39 is 0 Å². The van der Waals surface area contributed by atoms with Crippen molar-refractivity contribution >= 4 is 5.91 Å².